The molecule has 0 aliphatic heterocycles. The minimum atomic E-state index is -0.488. The van der Waals surface area contributed by atoms with Gasteiger partial charge in [0.05, 0.1) is 46.2 Å². The number of hydrogen-bond donors (Lipinski definition) is 0. The standard InChI is InChI=1S/C20H40ClNO6/c1-20(2,3)28-19(23)22(4)10-12-25-14-16-27-18-17-26-15-13-24-11-8-6-5-7-9-21/h5-18H2,1-4H3. The van der Waals surface area contributed by atoms with Gasteiger partial charge in [0.1, 0.15) is 5.60 Å². The normalized spacial score (nSPS) is 11.6. The van der Waals surface area contributed by atoms with Gasteiger partial charge in [-0.3, -0.25) is 0 Å². The molecule has 0 saturated carbocycles. The first-order chi connectivity index (χ1) is 13.4. The molecule has 1 amide bonds. The highest BCUT2D eigenvalue weighted by Crippen LogP contribution is 2.08. The molecule has 0 bridgehead atoms. The molecule has 7 nitrogen and oxygen atoms in total. The summed E-state index contributed by atoms with van der Waals surface area (Å²) in [5.41, 5.74) is -0.488. The van der Waals surface area contributed by atoms with Crippen LogP contribution in [0.1, 0.15) is 46.5 Å². The fourth-order valence-corrected chi connectivity index (χ4v) is 2.24. The van der Waals surface area contributed by atoms with Gasteiger partial charge in [0.2, 0.25) is 0 Å². The number of halogens is 1. The van der Waals surface area contributed by atoms with Crippen molar-refractivity contribution in [2.75, 3.05) is 72.3 Å². The molecule has 0 fully saturated rings. The first kappa shape index (κ1) is 27.4. The molecule has 28 heavy (non-hydrogen) atoms. The number of carbonyl (C=O) groups excluding carboxylic acids is 1. The third-order valence-corrected chi connectivity index (χ3v) is 3.83. The third-order valence-electron chi connectivity index (χ3n) is 3.56. The zero-order valence-electron chi connectivity index (χ0n) is 18.2. The van der Waals surface area contributed by atoms with Gasteiger partial charge in [0.15, 0.2) is 0 Å². The summed E-state index contributed by atoms with van der Waals surface area (Å²) in [6.45, 7) is 10.5. The van der Waals surface area contributed by atoms with Crippen molar-refractivity contribution < 1.29 is 28.5 Å². The van der Waals surface area contributed by atoms with Gasteiger partial charge in [-0.05, 0) is 33.6 Å². The maximum Gasteiger partial charge on any atom is 0.410 e. The Morgan fingerprint density at radius 1 is 0.750 bits per heavy atom. The summed E-state index contributed by atoms with van der Waals surface area (Å²) < 4.78 is 27.1. The first-order valence-corrected chi connectivity index (χ1v) is 10.7. The summed E-state index contributed by atoms with van der Waals surface area (Å²) in [6.07, 6.45) is 4.15. The molecule has 0 rings (SSSR count). The molecule has 0 spiro atoms. The van der Waals surface area contributed by atoms with E-state index < -0.39 is 5.60 Å². The summed E-state index contributed by atoms with van der Waals surface area (Å²) in [5.74, 6) is 0.744. The Hall–Kier alpha value is -0.600. The molecule has 0 aliphatic carbocycles. The average Bonchev–Trinajstić information content (AvgIpc) is 2.62. The second kappa shape index (κ2) is 18.4. The van der Waals surface area contributed by atoms with E-state index in [-0.39, 0.29) is 6.09 Å². The molecule has 0 atom stereocenters. The molecule has 0 heterocycles. The molecular weight excluding hydrogens is 386 g/mol. The Bertz CT molecular complexity index is 365. The van der Waals surface area contributed by atoms with Crippen LogP contribution in [0.25, 0.3) is 0 Å². The second-order valence-corrected chi connectivity index (χ2v) is 7.83. The fraction of sp³-hybridized carbons (Fsp3) is 0.950. The summed E-state index contributed by atoms with van der Waals surface area (Å²) in [5, 5.41) is 0. The molecule has 0 saturated heterocycles. The van der Waals surface area contributed by atoms with Gasteiger partial charge in [-0.15, -0.1) is 11.6 Å². The molecule has 0 N–H and O–H groups in total. The van der Waals surface area contributed by atoms with Crippen molar-refractivity contribution >= 4 is 17.7 Å². The molecule has 0 aromatic carbocycles. The predicted octanol–water partition coefficient (Wildman–Crippen LogP) is 3.72. The van der Waals surface area contributed by atoms with Crippen LogP contribution in [0.3, 0.4) is 0 Å². The Morgan fingerprint density at radius 3 is 1.71 bits per heavy atom. The molecule has 0 aromatic heterocycles. The lowest BCUT2D eigenvalue weighted by atomic mass is 10.2. The van der Waals surface area contributed by atoms with Gasteiger partial charge >= 0.3 is 6.09 Å². The van der Waals surface area contributed by atoms with Crippen molar-refractivity contribution in [3.63, 3.8) is 0 Å². The topological polar surface area (TPSA) is 66.5 Å². The maximum absolute atomic E-state index is 11.8. The highest BCUT2D eigenvalue weighted by Gasteiger charge is 2.19. The number of unbranched alkanes of at least 4 members (excludes halogenated alkanes) is 3. The van der Waals surface area contributed by atoms with Crippen molar-refractivity contribution in [2.45, 2.75) is 52.1 Å². The molecule has 0 unspecified atom stereocenters. The van der Waals surface area contributed by atoms with Crippen LogP contribution in [-0.4, -0.2) is 88.9 Å². The number of carbonyl (C=O) groups is 1. The predicted molar refractivity (Wildman–Crippen MR) is 111 cm³/mol. The maximum atomic E-state index is 11.8. The largest absolute Gasteiger partial charge is 0.444 e. The lowest BCUT2D eigenvalue weighted by Crippen LogP contribution is -2.36. The van der Waals surface area contributed by atoms with Gasteiger partial charge in [-0.25, -0.2) is 4.79 Å². The number of nitrogens with zero attached hydrogens (tertiary/aromatic N) is 1. The SMILES string of the molecule is CN(CCOCCOCCOCCOCCCCCCCl)C(=O)OC(C)(C)C. The van der Waals surface area contributed by atoms with Gasteiger partial charge in [-0.2, -0.15) is 0 Å². The van der Waals surface area contributed by atoms with Crippen LogP contribution in [0.15, 0.2) is 0 Å². The first-order valence-electron chi connectivity index (χ1n) is 10.2. The molecule has 8 heteroatoms. The second-order valence-electron chi connectivity index (χ2n) is 7.45. The van der Waals surface area contributed by atoms with Gasteiger partial charge in [-0.1, -0.05) is 12.8 Å². The highest BCUT2D eigenvalue weighted by atomic mass is 35.5. The fourth-order valence-electron chi connectivity index (χ4n) is 2.05. The van der Waals surface area contributed by atoms with Crippen LogP contribution >= 0.6 is 11.6 Å². The van der Waals surface area contributed by atoms with E-state index in [1.54, 1.807) is 7.05 Å². The zero-order chi connectivity index (χ0) is 21.1. The van der Waals surface area contributed by atoms with Crippen LogP contribution in [0.2, 0.25) is 0 Å². The van der Waals surface area contributed by atoms with Crippen LogP contribution in [0.5, 0.6) is 0 Å². The van der Waals surface area contributed by atoms with Crippen LogP contribution in [0.4, 0.5) is 4.79 Å². The highest BCUT2D eigenvalue weighted by molar-refractivity contribution is 6.17. The zero-order valence-corrected chi connectivity index (χ0v) is 18.9. The molecule has 0 aromatic rings. The van der Waals surface area contributed by atoms with E-state index >= 15 is 0 Å². The van der Waals surface area contributed by atoms with E-state index in [1.807, 2.05) is 20.8 Å². The van der Waals surface area contributed by atoms with Crippen molar-refractivity contribution in [1.82, 2.24) is 4.90 Å². The summed E-state index contributed by atoms with van der Waals surface area (Å²) in [6, 6.07) is 0. The lowest BCUT2D eigenvalue weighted by Gasteiger charge is -2.24. The van der Waals surface area contributed by atoms with Crippen molar-refractivity contribution in [2.24, 2.45) is 0 Å². The number of rotatable bonds is 18. The van der Waals surface area contributed by atoms with E-state index in [0.29, 0.717) is 52.8 Å². The minimum Gasteiger partial charge on any atom is -0.444 e. The van der Waals surface area contributed by atoms with Crippen molar-refractivity contribution in [3.05, 3.63) is 0 Å². The number of amides is 1. The Labute approximate surface area is 175 Å². The van der Waals surface area contributed by atoms with Gasteiger partial charge < -0.3 is 28.6 Å². The lowest BCUT2D eigenvalue weighted by molar-refractivity contribution is -0.00593. The van der Waals surface area contributed by atoms with Crippen LogP contribution < -0.4 is 0 Å². The summed E-state index contributed by atoms with van der Waals surface area (Å²) in [4.78, 5) is 13.3. The minimum absolute atomic E-state index is 0.347. The van der Waals surface area contributed by atoms with Crippen molar-refractivity contribution in [1.29, 1.82) is 0 Å². The number of hydrogen-bond acceptors (Lipinski definition) is 6. The van der Waals surface area contributed by atoms with Gasteiger partial charge in [0.25, 0.3) is 0 Å². The van der Waals surface area contributed by atoms with E-state index in [4.69, 9.17) is 35.3 Å². The molecule has 0 radical (unpaired) electrons. The number of ether oxygens (including phenoxy) is 5. The average molecular weight is 426 g/mol. The van der Waals surface area contributed by atoms with Crippen LogP contribution in [0, 0.1) is 0 Å². The number of alkyl halides is 1. The van der Waals surface area contributed by atoms with E-state index in [9.17, 15) is 4.79 Å². The smallest absolute Gasteiger partial charge is 0.410 e. The Kier molecular flexibility index (Phi) is 18.0. The molecule has 0 aliphatic rings. The third kappa shape index (κ3) is 20.1. The van der Waals surface area contributed by atoms with Crippen LogP contribution in [-0.2, 0) is 23.7 Å². The number of likely N-dealkylation sites (N-methyl/N-ethyl adjacent to an activating group) is 1. The van der Waals surface area contributed by atoms with E-state index in [0.717, 1.165) is 25.3 Å². The van der Waals surface area contributed by atoms with E-state index in [2.05, 4.69) is 0 Å². The summed E-state index contributed by atoms with van der Waals surface area (Å²) >= 11 is 5.62. The summed E-state index contributed by atoms with van der Waals surface area (Å²) in [7, 11) is 1.69. The quantitative estimate of drug-likeness (QED) is 0.246. The Morgan fingerprint density at radius 2 is 1.21 bits per heavy atom. The monoisotopic (exact) mass is 425 g/mol. The van der Waals surface area contributed by atoms with Crippen molar-refractivity contribution in [3.8, 4) is 0 Å². The van der Waals surface area contributed by atoms with Gasteiger partial charge in [0, 0.05) is 26.1 Å². The molecular formula is C20H40ClNO6. The van der Waals surface area contributed by atoms with E-state index in [1.165, 1.54) is 17.7 Å². The Balaban J connectivity index is 3.24. The molecule has 168 valence electrons.